The minimum atomic E-state index is -0.414. The summed E-state index contributed by atoms with van der Waals surface area (Å²) in [5.74, 6) is 0.678. The summed E-state index contributed by atoms with van der Waals surface area (Å²) in [7, 11) is 1.61. The average molecular weight is 379 g/mol. The second-order valence-electron chi connectivity index (χ2n) is 6.48. The topological polar surface area (TPSA) is 84.7 Å². The van der Waals surface area contributed by atoms with E-state index in [1.807, 2.05) is 48.3 Å². The summed E-state index contributed by atoms with van der Waals surface area (Å²) in [4.78, 5) is 22.3. The summed E-state index contributed by atoms with van der Waals surface area (Å²) >= 11 is 0. The molecule has 0 radical (unpaired) electrons. The molecule has 7 nitrogen and oxygen atoms in total. The third-order valence-electron chi connectivity index (χ3n) is 4.46. The van der Waals surface area contributed by atoms with Crippen molar-refractivity contribution in [2.45, 2.75) is 19.9 Å². The van der Waals surface area contributed by atoms with Crippen LogP contribution in [-0.4, -0.2) is 22.8 Å². The first-order valence-electron chi connectivity index (χ1n) is 8.74. The zero-order valence-corrected chi connectivity index (χ0v) is 15.9. The molecule has 144 valence electrons. The molecule has 3 rings (SSSR count). The van der Waals surface area contributed by atoms with Gasteiger partial charge in [-0.3, -0.25) is 25.3 Å². The molecule has 0 unspecified atom stereocenters. The number of hydrazine groups is 1. The maximum absolute atomic E-state index is 11.6. The molecule has 28 heavy (non-hydrogen) atoms. The molecule has 0 aliphatic carbocycles. The number of hydrogen-bond acceptors (Lipinski definition) is 6. The van der Waals surface area contributed by atoms with Crippen LogP contribution < -0.4 is 10.2 Å². The fourth-order valence-electron chi connectivity index (χ4n) is 3.14. The van der Waals surface area contributed by atoms with E-state index in [0.717, 1.165) is 22.6 Å². The van der Waals surface area contributed by atoms with Crippen LogP contribution in [0.3, 0.4) is 0 Å². The molecule has 0 amide bonds. The molecule has 0 aromatic heterocycles. The van der Waals surface area contributed by atoms with E-state index in [0.29, 0.717) is 5.70 Å². The maximum Gasteiger partial charge on any atom is 0.269 e. The number of rotatable bonds is 6. The number of non-ortho nitro benzene ring substituents is 1. The summed E-state index contributed by atoms with van der Waals surface area (Å²) < 4.78 is 5.20. The van der Waals surface area contributed by atoms with Gasteiger partial charge in [-0.2, -0.15) is 0 Å². The Labute approximate surface area is 163 Å². The van der Waals surface area contributed by atoms with Crippen LogP contribution in [0.1, 0.15) is 31.0 Å². The van der Waals surface area contributed by atoms with Crippen LogP contribution in [0.4, 0.5) is 5.69 Å². The lowest BCUT2D eigenvalue weighted by Gasteiger charge is -2.28. The van der Waals surface area contributed by atoms with Gasteiger partial charge in [-0.1, -0.05) is 12.1 Å². The Hall–Kier alpha value is -3.61. The third-order valence-corrected chi connectivity index (χ3v) is 4.46. The number of benzene rings is 2. The van der Waals surface area contributed by atoms with E-state index in [4.69, 9.17) is 4.74 Å². The van der Waals surface area contributed by atoms with Gasteiger partial charge in [-0.05, 0) is 55.3 Å². The molecule has 1 aliphatic rings. The molecule has 1 aliphatic heterocycles. The average Bonchev–Trinajstić information content (AvgIpc) is 3.13. The lowest BCUT2D eigenvalue weighted by molar-refractivity contribution is -0.384. The van der Waals surface area contributed by atoms with Crippen molar-refractivity contribution in [3.8, 4) is 5.75 Å². The Bertz CT molecular complexity index is 964. The summed E-state index contributed by atoms with van der Waals surface area (Å²) in [6.45, 7) is 3.31. The number of nitrogens with one attached hydrogen (secondary N) is 1. The van der Waals surface area contributed by atoms with Gasteiger partial charge in [-0.15, -0.1) is 0 Å². The highest BCUT2D eigenvalue weighted by molar-refractivity contribution is 5.87. The van der Waals surface area contributed by atoms with Crippen LogP contribution in [0.15, 0.2) is 66.4 Å². The second kappa shape index (κ2) is 7.96. The number of nitro benzene ring substituents is 1. The van der Waals surface area contributed by atoms with Crippen LogP contribution >= 0.6 is 0 Å². The van der Waals surface area contributed by atoms with Crippen molar-refractivity contribution in [1.29, 1.82) is 0 Å². The molecule has 7 heteroatoms. The van der Waals surface area contributed by atoms with Crippen molar-refractivity contribution in [2.75, 3.05) is 7.11 Å². The molecule has 2 aromatic carbocycles. The van der Waals surface area contributed by atoms with Crippen molar-refractivity contribution in [3.05, 3.63) is 87.6 Å². The Morgan fingerprint density at radius 2 is 1.93 bits per heavy atom. The monoisotopic (exact) mass is 379 g/mol. The van der Waals surface area contributed by atoms with Gasteiger partial charge in [0, 0.05) is 23.9 Å². The number of carbonyl (C=O) groups excluding carboxylic acids is 1. The van der Waals surface area contributed by atoms with Crippen LogP contribution in [0.25, 0.3) is 5.70 Å². The molecule has 1 atom stereocenters. The van der Waals surface area contributed by atoms with Gasteiger partial charge >= 0.3 is 0 Å². The fraction of sp³-hybridized carbons (Fsp3) is 0.190. The summed E-state index contributed by atoms with van der Waals surface area (Å²) in [5.41, 5.74) is 6.58. The van der Waals surface area contributed by atoms with Gasteiger partial charge in [0.2, 0.25) is 0 Å². The van der Waals surface area contributed by atoms with Gasteiger partial charge in [-0.25, -0.2) is 0 Å². The van der Waals surface area contributed by atoms with Gasteiger partial charge in [0.05, 0.1) is 23.8 Å². The van der Waals surface area contributed by atoms with Crippen LogP contribution in [0.2, 0.25) is 0 Å². The first kappa shape index (κ1) is 19.2. The third kappa shape index (κ3) is 4.03. The minimum absolute atomic E-state index is 0.0250. The molecular weight excluding hydrogens is 358 g/mol. The quantitative estimate of drug-likeness (QED) is 0.464. The van der Waals surface area contributed by atoms with Crippen LogP contribution in [0, 0.1) is 10.1 Å². The number of ether oxygens (including phenoxy) is 1. The van der Waals surface area contributed by atoms with E-state index < -0.39 is 4.92 Å². The highest BCUT2D eigenvalue weighted by Crippen LogP contribution is 2.35. The SMILES string of the molecule is COc1ccc(C2=C[C@H](c3cccc([N+](=O)[O-])c3)N(/C(C)=C/C(C)=O)N2)cc1. The number of allylic oxidation sites excluding steroid dienone is 2. The van der Waals surface area contributed by atoms with Gasteiger partial charge in [0.15, 0.2) is 5.78 Å². The molecule has 2 aromatic rings. The van der Waals surface area contributed by atoms with E-state index in [1.54, 1.807) is 19.2 Å². The van der Waals surface area contributed by atoms with Crippen LogP contribution in [-0.2, 0) is 4.79 Å². The summed E-state index contributed by atoms with van der Waals surface area (Å²) in [6.07, 6.45) is 3.51. The molecule has 0 bridgehead atoms. The molecule has 1 heterocycles. The Balaban J connectivity index is 2.02. The van der Waals surface area contributed by atoms with Crippen LogP contribution in [0.5, 0.6) is 5.75 Å². The van der Waals surface area contributed by atoms with E-state index in [2.05, 4.69) is 5.43 Å². The van der Waals surface area contributed by atoms with Gasteiger partial charge < -0.3 is 4.74 Å². The number of ketones is 1. The number of methoxy groups -OCH3 is 1. The maximum atomic E-state index is 11.6. The van der Waals surface area contributed by atoms with Crippen molar-refractivity contribution in [3.63, 3.8) is 0 Å². The van der Waals surface area contributed by atoms with Gasteiger partial charge in [0.1, 0.15) is 5.75 Å². The molecule has 1 N–H and O–H groups in total. The Morgan fingerprint density at radius 3 is 2.54 bits per heavy atom. The summed E-state index contributed by atoms with van der Waals surface area (Å²) in [5, 5.41) is 13.0. The highest BCUT2D eigenvalue weighted by atomic mass is 16.6. The zero-order chi connectivity index (χ0) is 20.3. The lowest BCUT2D eigenvalue weighted by atomic mass is 10.0. The van der Waals surface area contributed by atoms with Crippen molar-refractivity contribution in [2.24, 2.45) is 0 Å². The van der Waals surface area contributed by atoms with Crippen molar-refractivity contribution >= 4 is 17.2 Å². The first-order chi connectivity index (χ1) is 13.4. The van der Waals surface area contributed by atoms with Gasteiger partial charge in [0.25, 0.3) is 5.69 Å². The van der Waals surface area contributed by atoms with E-state index in [9.17, 15) is 14.9 Å². The second-order valence-corrected chi connectivity index (χ2v) is 6.48. The number of carbonyl (C=O) groups is 1. The summed E-state index contributed by atoms with van der Waals surface area (Å²) in [6, 6.07) is 13.8. The largest absolute Gasteiger partial charge is 0.497 e. The van der Waals surface area contributed by atoms with E-state index in [1.165, 1.54) is 19.1 Å². The van der Waals surface area contributed by atoms with E-state index >= 15 is 0 Å². The predicted molar refractivity (Wildman–Crippen MR) is 106 cm³/mol. The molecule has 0 fully saturated rings. The van der Waals surface area contributed by atoms with E-state index in [-0.39, 0.29) is 17.5 Å². The zero-order valence-electron chi connectivity index (χ0n) is 15.9. The molecule has 0 spiro atoms. The number of nitro groups is 1. The minimum Gasteiger partial charge on any atom is -0.497 e. The number of nitrogens with zero attached hydrogens (tertiary/aromatic N) is 2. The molecule has 0 saturated heterocycles. The van der Waals surface area contributed by atoms with Crippen molar-refractivity contribution in [1.82, 2.24) is 10.4 Å². The smallest absolute Gasteiger partial charge is 0.269 e. The molecular formula is C21H21N3O4. The standard InChI is InChI=1S/C21H21N3O4/c1-14(11-15(2)25)23-21(17-5-4-6-18(12-17)24(26)27)13-20(22-23)16-7-9-19(28-3)10-8-16/h4-13,21-22H,1-3H3/b14-11+/t21-/m1/s1. The number of hydrogen-bond donors (Lipinski definition) is 1. The Kier molecular flexibility index (Phi) is 5.44. The van der Waals surface area contributed by atoms with Crippen molar-refractivity contribution < 1.29 is 14.5 Å². The highest BCUT2D eigenvalue weighted by Gasteiger charge is 2.28. The molecule has 0 saturated carbocycles. The predicted octanol–water partition coefficient (Wildman–Crippen LogP) is 4.00. The first-order valence-corrected chi connectivity index (χ1v) is 8.74. The normalized spacial score (nSPS) is 16.4. The Morgan fingerprint density at radius 1 is 1.21 bits per heavy atom. The fourth-order valence-corrected chi connectivity index (χ4v) is 3.14. The lowest BCUT2D eigenvalue weighted by Crippen LogP contribution is -2.32.